The van der Waals surface area contributed by atoms with Crippen molar-refractivity contribution in [2.45, 2.75) is 373 Å². The molecule has 91 heavy (non-hydrogen) atoms. The lowest BCUT2D eigenvalue weighted by atomic mass is 10.0. The van der Waals surface area contributed by atoms with Gasteiger partial charge < -0.3 is 33.8 Å². The van der Waals surface area contributed by atoms with E-state index in [9.17, 15) is 43.2 Å². The van der Waals surface area contributed by atoms with Crippen LogP contribution in [0.4, 0.5) is 0 Å². The molecule has 5 atom stereocenters. The maximum Gasteiger partial charge on any atom is 0.472 e. The summed E-state index contributed by atoms with van der Waals surface area (Å²) >= 11 is 0. The zero-order valence-corrected chi connectivity index (χ0v) is 60.1. The van der Waals surface area contributed by atoms with Gasteiger partial charge in [-0.05, 0) is 51.4 Å². The Kier molecular flexibility index (Phi) is 64.4. The van der Waals surface area contributed by atoms with Crippen molar-refractivity contribution in [2.75, 3.05) is 39.6 Å². The molecule has 0 fully saturated rings. The Balaban J connectivity index is 5.13. The smallest absolute Gasteiger partial charge is 0.462 e. The average molecular weight is 1340 g/mol. The van der Waals surface area contributed by atoms with Gasteiger partial charge in [0.05, 0.1) is 26.4 Å². The molecule has 0 aliphatic carbocycles. The van der Waals surface area contributed by atoms with E-state index in [1.54, 1.807) is 0 Å². The summed E-state index contributed by atoms with van der Waals surface area (Å²) in [6.07, 6.45) is 58.2. The Labute approximate surface area is 554 Å². The lowest BCUT2D eigenvalue weighted by molar-refractivity contribution is -0.161. The summed E-state index contributed by atoms with van der Waals surface area (Å²) in [4.78, 5) is 72.2. The third-order valence-electron chi connectivity index (χ3n) is 16.2. The molecule has 536 valence electrons. The van der Waals surface area contributed by atoms with Gasteiger partial charge in [0.1, 0.15) is 19.3 Å². The first kappa shape index (κ1) is 88.5. The Morgan fingerprint density at radius 3 is 0.802 bits per heavy atom. The number of unbranched alkanes of at least 4 members (excludes halogenated alkanes) is 42. The van der Waals surface area contributed by atoms with Crippen LogP contribution in [0.2, 0.25) is 0 Å². The second-order valence-electron chi connectivity index (χ2n) is 25.3. The molecular formula is C72H136O17P2. The van der Waals surface area contributed by atoms with Gasteiger partial charge in [0.15, 0.2) is 12.2 Å². The average Bonchev–Trinajstić information content (AvgIpc) is 3.68. The fraction of sp³-hybridized carbons (Fsp3) is 0.889. The topological polar surface area (TPSA) is 237 Å². The first-order valence-electron chi connectivity index (χ1n) is 37.1. The highest BCUT2D eigenvalue weighted by Crippen LogP contribution is 2.45. The van der Waals surface area contributed by atoms with Gasteiger partial charge in [0, 0.05) is 25.7 Å². The van der Waals surface area contributed by atoms with Crippen molar-refractivity contribution in [3.8, 4) is 0 Å². The van der Waals surface area contributed by atoms with Crippen LogP contribution in [0.3, 0.4) is 0 Å². The second kappa shape index (κ2) is 66.2. The van der Waals surface area contributed by atoms with Crippen LogP contribution in [0, 0.1) is 0 Å². The van der Waals surface area contributed by atoms with Gasteiger partial charge in [-0.3, -0.25) is 37.3 Å². The molecule has 0 saturated carbocycles. The minimum absolute atomic E-state index is 0.101. The fourth-order valence-corrected chi connectivity index (χ4v) is 12.1. The number of hydrogen-bond donors (Lipinski definition) is 3. The number of ether oxygens (including phenoxy) is 4. The van der Waals surface area contributed by atoms with Gasteiger partial charge in [-0.15, -0.1) is 0 Å². The molecular weight excluding hydrogens is 1200 g/mol. The number of carbonyl (C=O) groups excluding carboxylic acids is 4. The molecule has 0 aromatic rings. The highest BCUT2D eigenvalue weighted by molar-refractivity contribution is 7.47. The van der Waals surface area contributed by atoms with Crippen LogP contribution in [-0.4, -0.2) is 96.7 Å². The Bertz CT molecular complexity index is 1830. The number of hydrogen-bond acceptors (Lipinski definition) is 15. The standard InChI is InChI=1S/C72H136O17P2/c1-5-9-13-17-21-23-25-27-29-30-31-32-33-34-35-37-39-41-43-47-51-55-59-72(77)89-68(63-83-70(75)57-53-49-46-42-40-38-36-28-26-24-22-18-14-10-6-2)65-87-91(80,81)85-61-66(73)60-84-90(78,79)86-64-67(88-71(76)58-54-50-45-20-16-12-8-4)62-82-69(74)56-52-48-44-19-15-11-7-3/h24,26,28,36,66-68,73H,5-23,25,27,29-35,37-65H2,1-4H3,(H,78,79)(H,80,81)/b26-24-,36-28-/t66-,67+,68+/m0/s1. The van der Waals surface area contributed by atoms with Crippen LogP contribution in [0.1, 0.15) is 355 Å². The van der Waals surface area contributed by atoms with Crippen molar-refractivity contribution in [3.63, 3.8) is 0 Å². The number of phosphoric acid groups is 2. The SMILES string of the molecule is CCCCCC/C=C\C=C/CCCCCCCC(=O)OC[C@H](COP(=O)(O)OC[C@@H](O)COP(=O)(O)OC[C@@H](COC(=O)CCCCCCCCC)OC(=O)CCCCCCCCC)OC(=O)CCCCCCCCCCCCCCCCCCCCCCCC. The van der Waals surface area contributed by atoms with Crippen LogP contribution >= 0.6 is 15.6 Å². The molecule has 0 aromatic carbocycles. The Morgan fingerprint density at radius 1 is 0.308 bits per heavy atom. The predicted molar refractivity (Wildman–Crippen MR) is 368 cm³/mol. The largest absolute Gasteiger partial charge is 0.472 e. The van der Waals surface area contributed by atoms with E-state index in [1.165, 1.54) is 141 Å². The van der Waals surface area contributed by atoms with E-state index in [0.29, 0.717) is 25.7 Å². The summed E-state index contributed by atoms with van der Waals surface area (Å²) in [5.74, 6) is -2.16. The number of esters is 4. The molecule has 0 heterocycles. The molecule has 0 radical (unpaired) electrons. The van der Waals surface area contributed by atoms with Crippen LogP contribution in [-0.2, 0) is 65.4 Å². The van der Waals surface area contributed by atoms with E-state index in [4.69, 9.17) is 37.0 Å². The van der Waals surface area contributed by atoms with E-state index in [-0.39, 0.29) is 25.7 Å². The molecule has 0 bridgehead atoms. The third kappa shape index (κ3) is 66.0. The molecule has 0 spiro atoms. The van der Waals surface area contributed by atoms with Gasteiger partial charge in [-0.2, -0.15) is 0 Å². The summed E-state index contributed by atoms with van der Waals surface area (Å²) in [6, 6.07) is 0. The van der Waals surface area contributed by atoms with Gasteiger partial charge in [0.25, 0.3) is 0 Å². The number of aliphatic hydroxyl groups is 1. The molecule has 3 N–H and O–H groups in total. The zero-order chi connectivity index (χ0) is 66.8. The minimum Gasteiger partial charge on any atom is -0.462 e. The summed E-state index contributed by atoms with van der Waals surface area (Å²) in [6.45, 7) is 4.79. The lowest BCUT2D eigenvalue weighted by Crippen LogP contribution is -2.30. The van der Waals surface area contributed by atoms with Crippen LogP contribution < -0.4 is 0 Å². The fourth-order valence-electron chi connectivity index (χ4n) is 10.5. The summed E-state index contributed by atoms with van der Waals surface area (Å²) in [7, 11) is -9.90. The highest BCUT2D eigenvalue weighted by atomic mass is 31.2. The molecule has 0 amide bonds. The van der Waals surface area contributed by atoms with E-state index in [2.05, 4.69) is 52.0 Å². The van der Waals surface area contributed by atoms with Crippen LogP contribution in [0.25, 0.3) is 0 Å². The second-order valence-corrected chi connectivity index (χ2v) is 28.2. The molecule has 19 heteroatoms. The Hall–Kier alpha value is -2.46. The molecule has 17 nitrogen and oxygen atoms in total. The van der Waals surface area contributed by atoms with E-state index >= 15 is 0 Å². The number of aliphatic hydroxyl groups excluding tert-OH is 1. The van der Waals surface area contributed by atoms with E-state index < -0.39 is 97.5 Å². The van der Waals surface area contributed by atoms with Gasteiger partial charge in [-0.1, -0.05) is 302 Å². The van der Waals surface area contributed by atoms with Crippen molar-refractivity contribution < 1.29 is 80.2 Å². The summed E-state index contributed by atoms with van der Waals surface area (Å²) in [5.41, 5.74) is 0. The van der Waals surface area contributed by atoms with Crippen LogP contribution in [0.5, 0.6) is 0 Å². The highest BCUT2D eigenvalue weighted by Gasteiger charge is 2.30. The summed E-state index contributed by atoms with van der Waals surface area (Å²) in [5, 5.41) is 10.5. The number of carbonyl (C=O) groups is 4. The third-order valence-corrected chi connectivity index (χ3v) is 18.1. The molecule has 0 aliphatic heterocycles. The van der Waals surface area contributed by atoms with Crippen molar-refractivity contribution in [3.05, 3.63) is 24.3 Å². The molecule has 0 aliphatic rings. The van der Waals surface area contributed by atoms with E-state index in [0.717, 1.165) is 135 Å². The van der Waals surface area contributed by atoms with Crippen molar-refractivity contribution in [2.24, 2.45) is 0 Å². The molecule has 2 unspecified atom stereocenters. The zero-order valence-electron chi connectivity index (χ0n) is 58.3. The number of rotatable bonds is 71. The number of phosphoric ester groups is 2. The first-order chi connectivity index (χ1) is 44.2. The lowest BCUT2D eigenvalue weighted by Gasteiger charge is -2.21. The molecule has 0 rings (SSSR count). The van der Waals surface area contributed by atoms with Gasteiger partial charge in [0.2, 0.25) is 0 Å². The quantitative estimate of drug-likeness (QED) is 0.0169. The Morgan fingerprint density at radius 2 is 0.527 bits per heavy atom. The molecule has 0 aromatic heterocycles. The monoisotopic (exact) mass is 1330 g/mol. The maximum absolute atomic E-state index is 13.0. The maximum atomic E-state index is 13.0. The van der Waals surface area contributed by atoms with E-state index in [1.807, 2.05) is 0 Å². The van der Waals surface area contributed by atoms with Gasteiger partial charge in [-0.25, -0.2) is 9.13 Å². The number of allylic oxidation sites excluding steroid dienone is 4. The first-order valence-corrected chi connectivity index (χ1v) is 40.1. The molecule has 0 saturated heterocycles. The summed E-state index contributed by atoms with van der Waals surface area (Å²) < 4.78 is 68.0. The minimum atomic E-state index is -4.96. The predicted octanol–water partition coefficient (Wildman–Crippen LogP) is 20.6. The van der Waals surface area contributed by atoms with Crippen LogP contribution in [0.15, 0.2) is 24.3 Å². The normalized spacial score (nSPS) is 14.1. The van der Waals surface area contributed by atoms with Crippen molar-refractivity contribution in [1.29, 1.82) is 0 Å². The van der Waals surface area contributed by atoms with Crippen molar-refractivity contribution >= 4 is 39.5 Å². The van der Waals surface area contributed by atoms with Gasteiger partial charge >= 0.3 is 39.5 Å². The van der Waals surface area contributed by atoms with Crippen molar-refractivity contribution in [1.82, 2.24) is 0 Å².